The van der Waals surface area contributed by atoms with E-state index in [1.807, 2.05) is 0 Å². The first kappa shape index (κ1) is 19.1. The highest BCUT2D eigenvalue weighted by molar-refractivity contribution is 9.10. The van der Waals surface area contributed by atoms with E-state index < -0.39 is 15.9 Å². The minimum absolute atomic E-state index is 0.148. The Kier molecular flexibility index (Phi) is 5.84. The van der Waals surface area contributed by atoms with E-state index in [1.54, 1.807) is 35.5 Å². The molecular weight excluding hydrogens is 420 g/mol. The number of carbonyl (C=O) groups excluding carboxylic acids is 1. The predicted octanol–water partition coefficient (Wildman–Crippen LogP) is 4.17. The second-order valence-electron chi connectivity index (χ2n) is 6.36. The molecule has 26 heavy (non-hydrogen) atoms. The molecule has 6 nitrogen and oxygen atoms in total. The third-order valence-electron chi connectivity index (χ3n) is 4.43. The maximum Gasteiger partial charge on any atom is 0.291 e. The molecule has 1 N–H and O–H groups in total. The summed E-state index contributed by atoms with van der Waals surface area (Å²) in [4.78, 5) is 12.5. The van der Waals surface area contributed by atoms with Gasteiger partial charge in [-0.15, -0.1) is 0 Å². The molecule has 1 fully saturated rings. The van der Waals surface area contributed by atoms with Crippen molar-refractivity contribution in [3.8, 4) is 0 Å². The highest BCUT2D eigenvalue weighted by Crippen LogP contribution is 2.26. The maximum atomic E-state index is 13.1. The van der Waals surface area contributed by atoms with Gasteiger partial charge in [0.15, 0.2) is 10.4 Å². The maximum absolute atomic E-state index is 13.1. The molecule has 1 aromatic carbocycles. The van der Waals surface area contributed by atoms with Crippen LogP contribution in [0, 0.1) is 6.92 Å². The van der Waals surface area contributed by atoms with Crippen LogP contribution in [0.15, 0.2) is 44.3 Å². The van der Waals surface area contributed by atoms with Crippen molar-refractivity contribution in [2.24, 2.45) is 0 Å². The molecule has 1 amide bonds. The molecule has 3 rings (SSSR count). The van der Waals surface area contributed by atoms with E-state index in [0.29, 0.717) is 29.0 Å². The van der Waals surface area contributed by atoms with Gasteiger partial charge in [0.2, 0.25) is 10.0 Å². The van der Waals surface area contributed by atoms with E-state index in [-0.39, 0.29) is 10.7 Å². The molecule has 140 valence electrons. The lowest BCUT2D eigenvalue weighted by atomic mass is 10.2. The molecule has 8 heteroatoms. The van der Waals surface area contributed by atoms with Crippen LogP contribution in [-0.4, -0.2) is 31.7 Å². The molecule has 1 saturated heterocycles. The van der Waals surface area contributed by atoms with E-state index in [9.17, 15) is 13.2 Å². The number of rotatable bonds is 4. The Bertz CT molecular complexity index is 900. The van der Waals surface area contributed by atoms with Gasteiger partial charge in [-0.2, -0.15) is 4.31 Å². The fraction of sp³-hybridized carbons (Fsp3) is 0.389. The summed E-state index contributed by atoms with van der Waals surface area (Å²) in [5.41, 5.74) is 1.08. The zero-order chi connectivity index (χ0) is 18.7. The molecule has 0 atom stereocenters. The monoisotopic (exact) mass is 440 g/mol. The number of nitrogens with one attached hydrogen (secondary N) is 1. The fourth-order valence-electron chi connectivity index (χ4n) is 3.01. The first-order chi connectivity index (χ1) is 12.4. The molecule has 1 aliphatic heterocycles. The molecule has 2 aromatic rings. The number of carbonyl (C=O) groups is 1. The Labute approximate surface area is 161 Å². The van der Waals surface area contributed by atoms with Crippen LogP contribution in [0.4, 0.5) is 5.69 Å². The van der Waals surface area contributed by atoms with Crippen LogP contribution in [-0.2, 0) is 10.0 Å². The number of hydrogen-bond acceptors (Lipinski definition) is 4. The molecule has 0 saturated carbocycles. The van der Waals surface area contributed by atoms with Crippen molar-refractivity contribution in [1.29, 1.82) is 0 Å². The molecule has 0 unspecified atom stereocenters. The van der Waals surface area contributed by atoms with Gasteiger partial charge in [0.05, 0.1) is 4.90 Å². The first-order valence-electron chi connectivity index (χ1n) is 8.55. The van der Waals surface area contributed by atoms with E-state index >= 15 is 0 Å². The molecule has 0 radical (unpaired) electrons. The Balaban J connectivity index is 1.86. The van der Waals surface area contributed by atoms with Crippen molar-refractivity contribution >= 4 is 37.5 Å². The summed E-state index contributed by atoms with van der Waals surface area (Å²) in [5.74, 6) is -0.285. The van der Waals surface area contributed by atoms with E-state index in [0.717, 1.165) is 25.7 Å². The fourth-order valence-corrected chi connectivity index (χ4v) is 5.08. The number of nitrogens with zero attached hydrogens (tertiary/aromatic N) is 1. The number of amides is 1. The van der Waals surface area contributed by atoms with E-state index in [1.165, 1.54) is 6.07 Å². The van der Waals surface area contributed by atoms with Crippen LogP contribution < -0.4 is 5.32 Å². The molecular formula is C18H21BrN2O4S. The number of furan rings is 1. The highest BCUT2D eigenvalue weighted by atomic mass is 79.9. The summed E-state index contributed by atoms with van der Waals surface area (Å²) >= 11 is 3.15. The SMILES string of the molecule is Cc1ccc(NC(=O)c2ccc(Br)o2)cc1S(=O)(=O)N1CCCCCC1. The van der Waals surface area contributed by atoms with Crippen molar-refractivity contribution in [3.63, 3.8) is 0 Å². The zero-order valence-corrected chi connectivity index (χ0v) is 16.9. The smallest absolute Gasteiger partial charge is 0.291 e. The highest BCUT2D eigenvalue weighted by Gasteiger charge is 2.27. The van der Waals surface area contributed by atoms with Crippen molar-refractivity contribution in [3.05, 3.63) is 46.3 Å². The van der Waals surface area contributed by atoms with Gasteiger partial charge in [0.25, 0.3) is 5.91 Å². The lowest BCUT2D eigenvalue weighted by Crippen LogP contribution is -2.32. The molecule has 0 bridgehead atoms. The van der Waals surface area contributed by atoms with Gasteiger partial charge >= 0.3 is 0 Å². The summed E-state index contributed by atoms with van der Waals surface area (Å²) in [6.45, 7) is 2.84. The summed E-state index contributed by atoms with van der Waals surface area (Å²) in [6, 6.07) is 8.08. The van der Waals surface area contributed by atoms with Crippen molar-refractivity contribution < 1.29 is 17.6 Å². The van der Waals surface area contributed by atoms with Crippen LogP contribution in [0.1, 0.15) is 41.8 Å². The molecule has 1 aromatic heterocycles. The van der Waals surface area contributed by atoms with Crippen LogP contribution in [0.3, 0.4) is 0 Å². The van der Waals surface area contributed by atoms with Crippen LogP contribution in [0.2, 0.25) is 0 Å². The average molecular weight is 441 g/mol. The van der Waals surface area contributed by atoms with Gasteiger partial charge in [-0.1, -0.05) is 18.9 Å². The third kappa shape index (κ3) is 4.19. The first-order valence-corrected chi connectivity index (χ1v) is 10.8. The number of hydrogen-bond donors (Lipinski definition) is 1. The minimum atomic E-state index is -3.58. The Morgan fingerprint density at radius 2 is 1.81 bits per heavy atom. The number of aryl methyl sites for hydroxylation is 1. The normalized spacial score (nSPS) is 16.2. The van der Waals surface area contributed by atoms with Gasteiger partial charge in [0, 0.05) is 18.8 Å². The number of benzene rings is 1. The van der Waals surface area contributed by atoms with Gasteiger partial charge in [0.1, 0.15) is 0 Å². The second-order valence-corrected chi connectivity index (χ2v) is 9.04. The topological polar surface area (TPSA) is 79.6 Å². The molecule has 0 spiro atoms. The van der Waals surface area contributed by atoms with Crippen molar-refractivity contribution in [2.75, 3.05) is 18.4 Å². The number of halogens is 1. The van der Waals surface area contributed by atoms with Crippen molar-refractivity contribution in [2.45, 2.75) is 37.5 Å². The zero-order valence-electron chi connectivity index (χ0n) is 14.5. The van der Waals surface area contributed by atoms with Crippen LogP contribution in [0.5, 0.6) is 0 Å². The average Bonchev–Trinajstić information content (AvgIpc) is 2.86. The van der Waals surface area contributed by atoms with Gasteiger partial charge in [-0.3, -0.25) is 4.79 Å². The largest absolute Gasteiger partial charge is 0.444 e. The Morgan fingerprint density at radius 1 is 1.12 bits per heavy atom. The number of sulfonamides is 1. The van der Waals surface area contributed by atoms with E-state index in [2.05, 4.69) is 21.2 Å². The van der Waals surface area contributed by atoms with Gasteiger partial charge in [-0.25, -0.2) is 8.42 Å². The predicted molar refractivity (Wildman–Crippen MR) is 103 cm³/mol. The van der Waals surface area contributed by atoms with Crippen LogP contribution >= 0.6 is 15.9 Å². The van der Waals surface area contributed by atoms with E-state index in [4.69, 9.17) is 4.42 Å². The molecule has 0 aliphatic carbocycles. The third-order valence-corrected chi connectivity index (χ3v) is 6.89. The second kappa shape index (κ2) is 7.94. The Morgan fingerprint density at radius 3 is 2.42 bits per heavy atom. The standard InChI is InChI=1S/C18H21BrN2O4S/c1-13-6-7-14(20-18(22)15-8-9-17(19)25-15)12-16(13)26(23,24)21-10-4-2-3-5-11-21/h6-9,12H,2-5,10-11H2,1H3,(H,20,22). The number of anilines is 1. The summed E-state index contributed by atoms with van der Waals surface area (Å²) in [6.07, 6.45) is 3.86. The minimum Gasteiger partial charge on any atom is -0.444 e. The lowest BCUT2D eigenvalue weighted by Gasteiger charge is -2.21. The van der Waals surface area contributed by atoms with Gasteiger partial charge < -0.3 is 9.73 Å². The molecule has 2 heterocycles. The van der Waals surface area contributed by atoms with Crippen LogP contribution in [0.25, 0.3) is 0 Å². The summed E-state index contributed by atoms with van der Waals surface area (Å²) < 4.78 is 33.4. The Hall–Kier alpha value is -1.64. The molecule has 1 aliphatic rings. The quantitative estimate of drug-likeness (QED) is 0.773. The lowest BCUT2D eigenvalue weighted by molar-refractivity contribution is 0.0995. The summed E-state index contributed by atoms with van der Waals surface area (Å²) in [5, 5.41) is 2.69. The summed E-state index contributed by atoms with van der Waals surface area (Å²) in [7, 11) is -3.58. The van der Waals surface area contributed by atoms with Crippen molar-refractivity contribution in [1.82, 2.24) is 4.31 Å². The van der Waals surface area contributed by atoms with Gasteiger partial charge in [-0.05, 0) is 65.5 Å².